The van der Waals surface area contributed by atoms with Gasteiger partial charge in [0.25, 0.3) is 5.91 Å². The number of rotatable bonds is 7. The molecule has 3 rings (SSSR count). The molecule has 1 unspecified atom stereocenters. The van der Waals surface area contributed by atoms with Gasteiger partial charge < -0.3 is 20.9 Å². The second kappa shape index (κ2) is 8.11. The number of hydrogen-bond donors (Lipinski definition) is 3. The third kappa shape index (κ3) is 4.10. The molecule has 1 amide bonds. The Balaban J connectivity index is 1.80. The van der Waals surface area contributed by atoms with E-state index >= 15 is 0 Å². The number of likely N-dealkylation sites (tertiary alicyclic amines) is 1. The number of hydrogen-bond acceptors (Lipinski definition) is 3. The zero-order valence-corrected chi connectivity index (χ0v) is 15.5. The van der Waals surface area contributed by atoms with Crippen LogP contribution >= 0.6 is 11.6 Å². The highest BCUT2D eigenvalue weighted by Gasteiger charge is 2.27. The molecule has 1 atom stereocenters. The minimum Gasteiger partial charge on any atom is -0.383 e. The van der Waals surface area contributed by atoms with Gasteiger partial charge in [0.15, 0.2) is 0 Å². The third-order valence-corrected chi connectivity index (χ3v) is 5.14. The number of unbranched alkanes of at least 4 members (excludes halogenated alkanes) is 2. The number of amides is 1. The van der Waals surface area contributed by atoms with Crippen molar-refractivity contribution in [3.63, 3.8) is 0 Å². The van der Waals surface area contributed by atoms with E-state index in [9.17, 15) is 4.79 Å². The van der Waals surface area contributed by atoms with E-state index in [2.05, 4.69) is 17.2 Å². The van der Waals surface area contributed by atoms with E-state index < -0.39 is 0 Å². The SMILES string of the molecule is CCCCCNc1cc(Cl)cc2cc(C(=O)N3CCC(CN)C3)[nH]c12. The molecule has 0 aliphatic carbocycles. The van der Waals surface area contributed by atoms with Crippen LogP contribution in [0.25, 0.3) is 10.9 Å². The summed E-state index contributed by atoms with van der Waals surface area (Å²) in [7, 11) is 0. The highest BCUT2D eigenvalue weighted by atomic mass is 35.5. The molecule has 1 aliphatic heterocycles. The average Bonchev–Trinajstić information content (AvgIpc) is 3.24. The molecule has 2 heterocycles. The largest absolute Gasteiger partial charge is 0.383 e. The number of aromatic nitrogens is 1. The van der Waals surface area contributed by atoms with Crippen molar-refractivity contribution in [2.45, 2.75) is 32.6 Å². The van der Waals surface area contributed by atoms with E-state index in [0.29, 0.717) is 23.2 Å². The fraction of sp³-hybridized carbons (Fsp3) is 0.526. The van der Waals surface area contributed by atoms with E-state index in [1.54, 1.807) is 0 Å². The van der Waals surface area contributed by atoms with Crippen molar-refractivity contribution in [2.75, 3.05) is 31.5 Å². The van der Waals surface area contributed by atoms with Crippen molar-refractivity contribution in [3.8, 4) is 0 Å². The molecule has 1 fully saturated rings. The highest BCUT2D eigenvalue weighted by molar-refractivity contribution is 6.32. The summed E-state index contributed by atoms with van der Waals surface area (Å²) in [6.07, 6.45) is 4.49. The van der Waals surface area contributed by atoms with Gasteiger partial charge in [0.05, 0.1) is 11.2 Å². The molecule has 1 aromatic heterocycles. The first-order valence-electron chi connectivity index (χ1n) is 9.17. The van der Waals surface area contributed by atoms with Crippen LogP contribution in [-0.4, -0.2) is 42.0 Å². The minimum absolute atomic E-state index is 0.0419. The quantitative estimate of drug-likeness (QED) is 0.655. The van der Waals surface area contributed by atoms with Gasteiger partial charge in [-0.25, -0.2) is 0 Å². The fourth-order valence-electron chi connectivity index (χ4n) is 3.44. The summed E-state index contributed by atoms with van der Waals surface area (Å²) in [6, 6.07) is 5.71. The van der Waals surface area contributed by atoms with Crippen LogP contribution in [0.3, 0.4) is 0 Å². The molecule has 0 bridgehead atoms. The topological polar surface area (TPSA) is 74.2 Å². The first-order valence-corrected chi connectivity index (χ1v) is 9.55. The van der Waals surface area contributed by atoms with Gasteiger partial charge in [-0.15, -0.1) is 0 Å². The molecule has 0 saturated carbocycles. The number of fused-ring (bicyclic) bond motifs is 1. The smallest absolute Gasteiger partial charge is 0.270 e. The van der Waals surface area contributed by atoms with Crippen molar-refractivity contribution in [1.82, 2.24) is 9.88 Å². The maximum atomic E-state index is 12.8. The van der Waals surface area contributed by atoms with Gasteiger partial charge in [0, 0.05) is 30.0 Å². The van der Waals surface area contributed by atoms with Crippen molar-refractivity contribution in [1.29, 1.82) is 0 Å². The molecule has 1 saturated heterocycles. The van der Waals surface area contributed by atoms with Crippen LogP contribution in [0.1, 0.15) is 43.1 Å². The van der Waals surface area contributed by atoms with Crippen LogP contribution in [0.15, 0.2) is 18.2 Å². The summed E-state index contributed by atoms with van der Waals surface area (Å²) in [4.78, 5) is 18.0. The van der Waals surface area contributed by atoms with E-state index in [1.807, 2.05) is 23.1 Å². The van der Waals surface area contributed by atoms with Crippen LogP contribution < -0.4 is 11.1 Å². The molecular weight excluding hydrogens is 336 g/mol. The first kappa shape index (κ1) is 18.1. The number of H-pyrrole nitrogens is 1. The summed E-state index contributed by atoms with van der Waals surface area (Å²) in [5.41, 5.74) is 8.25. The number of benzene rings is 1. The van der Waals surface area contributed by atoms with Gasteiger partial charge in [0.2, 0.25) is 0 Å². The lowest BCUT2D eigenvalue weighted by Crippen LogP contribution is -2.30. The number of nitrogens with zero attached hydrogens (tertiary/aromatic N) is 1. The second-order valence-corrected chi connectivity index (χ2v) is 7.31. The molecule has 1 aromatic carbocycles. The van der Waals surface area contributed by atoms with Gasteiger partial charge >= 0.3 is 0 Å². The normalized spacial score (nSPS) is 17.4. The Morgan fingerprint density at radius 2 is 2.24 bits per heavy atom. The maximum Gasteiger partial charge on any atom is 0.270 e. The Labute approximate surface area is 153 Å². The number of carbonyl (C=O) groups is 1. The van der Waals surface area contributed by atoms with E-state index in [-0.39, 0.29) is 5.91 Å². The Hall–Kier alpha value is -1.72. The molecule has 0 spiro atoms. The lowest BCUT2D eigenvalue weighted by atomic mass is 10.1. The number of aromatic amines is 1. The number of nitrogens with one attached hydrogen (secondary N) is 2. The lowest BCUT2D eigenvalue weighted by Gasteiger charge is -2.15. The van der Waals surface area contributed by atoms with Crippen molar-refractivity contribution in [2.24, 2.45) is 11.7 Å². The monoisotopic (exact) mass is 362 g/mol. The number of halogens is 1. The van der Waals surface area contributed by atoms with Gasteiger partial charge in [-0.3, -0.25) is 4.79 Å². The molecule has 136 valence electrons. The molecule has 4 N–H and O–H groups in total. The van der Waals surface area contributed by atoms with Crippen molar-refractivity contribution in [3.05, 3.63) is 28.9 Å². The van der Waals surface area contributed by atoms with Crippen molar-refractivity contribution < 1.29 is 4.79 Å². The van der Waals surface area contributed by atoms with E-state index in [4.69, 9.17) is 17.3 Å². The molecule has 5 nitrogen and oxygen atoms in total. The molecule has 2 aromatic rings. The summed E-state index contributed by atoms with van der Waals surface area (Å²) in [5, 5.41) is 5.08. The molecule has 1 aliphatic rings. The Morgan fingerprint density at radius 3 is 2.96 bits per heavy atom. The minimum atomic E-state index is 0.0419. The standard InChI is InChI=1S/C19H27ClN4O/c1-2-3-4-6-22-16-10-15(20)8-14-9-17(23-18(14)16)19(25)24-7-5-13(11-21)12-24/h8-10,13,22-23H,2-7,11-12,21H2,1H3. The molecular formula is C19H27ClN4O. The van der Waals surface area contributed by atoms with Crippen LogP contribution in [-0.2, 0) is 0 Å². The Kier molecular flexibility index (Phi) is 5.86. The molecule has 25 heavy (non-hydrogen) atoms. The maximum absolute atomic E-state index is 12.8. The van der Waals surface area contributed by atoms with E-state index in [0.717, 1.165) is 49.1 Å². The third-order valence-electron chi connectivity index (χ3n) is 4.93. The predicted octanol–water partition coefficient (Wildman–Crippen LogP) is 3.84. The summed E-state index contributed by atoms with van der Waals surface area (Å²) >= 11 is 6.25. The average molecular weight is 363 g/mol. The van der Waals surface area contributed by atoms with Gasteiger partial charge in [-0.05, 0) is 43.5 Å². The van der Waals surface area contributed by atoms with Crippen LogP contribution in [0, 0.1) is 5.92 Å². The van der Waals surface area contributed by atoms with Crippen LogP contribution in [0.2, 0.25) is 5.02 Å². The number of nitrogens with two attached hydrogens (primary N) is 1. The molecule has 6 heteroatoms. The summed E-state index contributed by atoms with van der Waals surface area (Å²) in [5.74, 6) is 0.457. The van der Waals surface area contributed by atoms with Crippen molar-refractivity contribution >= 4 is 34.1 Å². The molecule has 0 radical (unpaired) electrons. The summed E-state index contributed by atoms with van der Waals surface area (Å²) < 4.78 is 0. The Bertz CT molecular complexity index is 742. The number of anilines is 1. The predicted molar refractivity (Wildman–Crippen MR) is 104 cm³/mol. The summed E-state index contributed by atoms with van der Waals surface area (Å²) in [6.45, 7) is 5.24. The first-order chi connectivity index (χ1) is 12.1. The van der Waals surface area contributed by atoms with Gasteiger partial charge in [-0.1, -0.05) is 31.4 Å². The lowest BCUT2D eigenvalue weighted by molar-refractivity contribution is 0.0783. The van der Waals surface area contributed by atoms with Gasteiger partial charge in [0.1, 0.15) is 5.69 Å². The van der Waals surface area contributed by atoms with Crippen LogP contribution in [0.5, 0.6) is 0 Å². The van der Waals surface area contributed by atoms with Gasteiger partial charge in [-0.2, -0.15) is 0 Å². The Morgan fingerprint density at radius 1 is 1.40 bits per heavy atom. The highest BCUT2D eigenvalue weighted by Crippen LogP contribution is 2.29. The number of carbonyl (C=O) groups excluding carboxylic acids is 1. The zero-order chi connectivity index (χ0) is 17.8. The van der Waals surface area contributed by atoms with E-state index in [1.165, 1.54) is 12.8 Å². The zero-order valence-electron chi connectivity index (χ0n) is 14.8. The fourth-order valence-corrected chi connectivity index (χ4v) is 3.67. The second-order valence-electron chi connectivity index (χ2n) is 6.88. The van der Waals surface area contributed by atoms with Crippen LogP contribution in [0.4, 0.5) is 5.69 Å².